The van der Waals surface area contributed by atoms with Crippen molar-refractivity contribution >= 4 is 22.7 Å². The zero-order chi connectivity index (χ0) is 25.1. The van der Waals surface area contributed by atoms with Crippen molar-refractivity contribution < 1.29 is 0 Å². The van der Waals surface area contributed by atoms with E-state index in [2.05, 4.69) is 37.6 Å². The largest absolute Gasteiger partial charge is 0.367 e. The van der Waals surface area contributed by atoms with Crippen molar-refractivity contribution in [3.05, 3.63) is 36.2 Å². The summed E-state index contributed by atoms with van der Waals surface area (Å²) in [6.07, 6.45) is 15.2. The second-order valence-electron chi connectivity index (χ2n) is 10.7. The predicted molar refractivity (Wildman–Crippen MR) is 150 cm³/mol. The maximum atomic E-state index is 4.81. The molecule has 0 atom stereocenters. The monoisotopic (exact) mass is 505 g/mol. The molecular weight excluding hydrogens is 462 g/mol. The van der Waals surface area contributed by atoms with Gasteiger partial charge in [-0.05, 0) is 76.3 Å². The Labute approximate surface area is 220 Å². The third kappa shape index (κ3) is 7.85. The van der Waals surface area contributed by atoms with E-state index in [9.17, 15) is 0 Å². The van der Waals surface area contributed by atoms with Gasteiger partial charge in [0.1, 0.15) is 11.5 Å². The molecule has 1 aliphatic carbocycles. The molecule has 9 heteroatoms. The number of aromatic nitrogens is 5. The van der Waals surface area contributed by atoms with Crippen LogP contribution in [-0.4, -0.2) is 57.2 Å². The molecule has 1 aliphatic heterocycles. The molecule has 0 bridgehead atoms. The van der Waals surface area contributed by atoms with Crippen LogP contribution < -0.4 is 21.3 Å². The Bertz CT molecular complexity index is 1090. The lowest BCUT2D eigenvalue weighted by atomic mass is 9.86. The number of anilines is 2. The molecule has 2 fully saturated rings. The Morgan fingerprint density at radius 2 is 1.78 bits per heavy atom. The van der Waals surface area contributed by atoms with E-state index in [4.69, 9.17) is 9.97 Å². The van der Waals surface area contributed by atoms with Crippen LogP contribution in [0.15, 0.2) is 30.5 Å². The summed E-state index contributed by atoms with van der Waals surface area (Å²) in [7, 11) is 0. The number of benzene rings is 1. The zero-order valence-corrected chi connectivity index (χ0v) is 22.1. The van der Waals surface area contributed by atoms with Crippen molar-refractivity contribution in [3.8, 4) is 0 Å². The van der Waals surface area contributed by atoms with Gasteiger partial charge in [-0.25, -0.2) is 4.98 Å². The van der Waals surface area contributed by atoms with E-state index >= 15 is 0 Å². The first-order chi connectivity index (χ1) is 18.3. The van der Waals surface area contributed by atoms with Crippen molar-refractivity contribution in [1.29, 1.82) is 0 Å². The second-order valence-corrected chi connectivity index (χ2v) is 10.7. The summed E-state index contributed by atoms with van der Waals surface area (Å²) in [5.41, 5.74) is 1.83. The van der Waals surface area contributed by atoms with E-state index in [-0.39, 0.29) is 0 Å². The van der Waals surface area contributed by atoms with Crippen LogP contribution in [0, 0.1) is 5.92 Å². The maximum Gasteiger partial charge on any atom is 0.225 e. The van der Waals surface area contributed by atoms with E-state index in [0.717, 1.165) is 80.3 Å². The minimum absolute atomic E-state index is 0.429. The lowest BCUT2D eigenvalue weighted by Gasteiger charge is -2.25. The molecule has 37 heavy (non-hydrogen) atoms. The summed E-state index contributed by atoms with van der Waals surface area (Å²) in [6.45, 7) is 5.65. The van der Waals surface area contributed by atoms with Crippen molar-refractivity contribution in [2.45, 2.75) is 83.3 Å². The van der Waals surface area contributed by atoms with Gasteiger partial charge in [-0.15, -0.1) is 5.10 Å². The molecule has 0 unspecified atom stereocenters. The number of rotatable bonds is 13. The molecule has 1 saturated carbocycles. The number of aryl methyl sites for hydroxylation is 1. The number of nitrogens with zero attached hydrogens (tertiary/aromatic N) is 5. The fourth-order valence-electron chi connectivity index (χ4n) is 5.61. The van der Waals surface area contributed by atoms with Gasteiger partial charge >= 0.3 is 0 Å². The molecule has 0 amide bonds. The van der Waals surface area contributed by atoms with Crippen LogP contribution >= 0.6 is 0 Å². The van der Waals surface area contributed by atoms with E-state index in [0.29, 0.717) is 18.5 Å². The first-order valence-electron chi connectivity index (χ1n) is 14.4. The molecule has 0 spiro atoms. The molecule has 2 aromatic heterocycles. The van der Waals surface area contributed by atoms with Crippen LogP contribution in [0.4, 0.5) is 11.8 Å². The summed E-state index contributed by atoms with van der Waals surface area (Å²) in [4.78, 5) is 9.54. The van der Waals surface area contributed by atoms with Crippen LogP contribution in [0.2, 0.25) is 0 Å². The lowest BCUT2D eigenvalue weighted by Crippen LogP contribution is -2.35. The molecular formula is C28H43N9. The normalized spacial score (nSPS) is 17.3. The fraction of sp³-hybridized carbons (Fsp3) is 0.643. The maximum absolute atomic E-state index is 4.81. The molecule has 4 N–H and O–H groups in total. The predicted octanol–water partition coefficient (Wildman–Crippen LogP) is 4.34. The van der Waals surface area contributed by atoms with E-state index in [1.54, 1.807) is 0 Å². The summed E-state index contributed by atoms with van der Waals surface area (Å²) < 4.78 is 1.94. The van der Waals surface area contributed by atoms with Gasteiger partial charge in [0.2, 0.25) is 5.95 Å². The molecule has 1 saturated heterocycles. The van der Waals surface area contributed by atoms with Gasteiger partial charge in [-0.3, -0.25) is 4.68 Å². The van der Waals surface area contributed by atoms with Crippen molar-refractivity contribution in [2.24, 2.45) is 5.92 Å². The third-order valence-corrected chi connectivity index (χ3v) is 7.73. The molecule has 0 radical (unpaired) electrons. The van der Waals surface area contributed by atoms with Gasteiger partial charge in [0.05, 0.1) is 18.3 Å². The molecule has 9 nitrogen and oxygen atoms in total. The smallest absolute Gasteiger partial charge is 0.225 e. The van der Waals surface area contributed by atoms with Crippen molar-refractivity contribution in [1.82, 2.24) is 35.6 Å². The van der Waals surface area contributed by atoms with Crippen LogP contribution in [0.3, 0.4) is 0 Å². The lowest BCUT2D eigenvalue weighted by molar-refractivity contribution is 0.330. The molecule has 2 aliphatic rings. The molecule has 200 valence electrons. The number of piperidine rings is 1. The fourth-order valence-corrected chi connectivity index (χ4v) is 5.61. The topological polar surface area (TPSA) is 105 Å². The van der Waals surface area contributed by atoms with Crippen LogP contribution in [0.1, 0.15) is 69.9 Å². The minimum atomic E-state index is 0.429. The number of nitrogens with one attached hydrogen (secondary N) is 4. The highest BCUT2D eigenvalue weighted by Gasteiger charge is 2.16. The Hall–Kier alpha value is -2.78. The Kier molecular flexibility index (Phi) is 9.55. The van der Waals surface area contributed by atoms with E-state index < -0.39 is 0 Å². The average molecular weight is 506 g/mol. The number of hydrogen-bond acceptors (Lipinski definition) is 8. The quantitative estimate of drug-likeness (QED) is 0.254. The molecule has 1 aromatic carbocycles. The van der Waals surface area contributed by atoms with Crippen LogP contribution in [0.25, 0.3) is 10.9 Å². The van der Waals surface area contributed by atoms with Gasteiger partial charge in [-0.1, -0.05) is 49.5 Å². The van der Waals surface area contributed by atoms with Crippen molar-refractivity contribution in [2.75, 3.05) is 36.8 Å². The van der Waals surface area contributed by atoms with E-state index in [1.165, 1.54) is 44.9 Å². The molecule has 3 heterocycles. The van der Waals surface area contributed by atoms with E-state index in [1.807, 2.05) is 29.1 Å². The van der Waals surface area contributed by atoms with Crippen LogP contribution in [-0.2, 0) is 13.1 Å². The molecule has 3 aromatic rings. The Morgan fingerprint density at radius 1 is 0.946 bits per heavy atom. The Balaban J connectivity index is 1.05. The third-order valence-electron chi connectivity index (χ3n) is 7.73. The SMILES string of the molecule is c1ccc2c(NC3CCNCC3)nc(NCc3cn(CCCNCCCC4CCCCC4)nn3)nc2c1. The highest BCUT2D eigenvalue weighted by Crippen LogP contribution is 2.27. The first-order valence-corrected chi connectivity index (χ1v) is 14.4. The van der Waals surface area contributed by atoms with Gasteiger partial charge in [-0.2, -0.15) is 4.98 Å². The molecule has 5 rings (SSSR count). The highest BCUT2D eigenvalue weighted by molar-refractivity contribution is 5.90. The standard InChI is InChI=1S/C28H43N9/c1-2-8-22(9-3-1)10-6-15-29-16-7-19-37-21-24(35-36-37)20-31-28-33-26-12-5-4-11-25(26)27(34-28)32-23-13-17-30-18-14-23/h4-5,11-12,21-23,29-30H,1-3,6-10,13-20H2,(H2,31,32,33,34). The highest BCUT2D eigenvalue weighted by atomic mass is 15.4. The second kappa shape index (κ2) is 13.7. The van der Waals surface area contributed by atoms with Crippen LogP contribution in [0.5, 0.6) is 0 Å². The number of fused-ring (bicyclic) bond motifs is 1. The number of para-hydroxylation sites is 1. The van der Waals surface area contributed by atoms with Gasteiger partial charge < -0.3 is 21.3 Å². The number of hydrogen-bond donors (Lipinski definition) is 4. The summed E-state index contributed by atoms with van der Waals surface area (Å²) in [5, 5.41) is 23.7. The summed E-state index contributed by atoms with van der Waals surface area (Å²) in [5.74, 6) is 2.49. The van der Waals surface area contributed by atoms with Gasteiger partial charge in [0.15, 0.2) is 0 Å². The minimum Gasteiger partial charge on any atom is -0.367 e. The average Bonchev–Trinajstić information content (AvgIpc) is 3.40. The van der Waals surface area contributed by atoms with Crippen molar-refractivity contribution in [3.63, 3.8) is 0 Å². The summed E-state index contributed by atoms with van der Waals surface area (Å²) >= 11 is 0. The first kappa shape index (κ1) is 25.9. The summed E-state index contributed by atoms with van der Waals surface area (Å²) in [6, 6.07) is 8.61. The van der Waals surface area contributed by atoms with Gasteiger partial charge in [0.25, 0.3) is 0 Å². The Morgan fingerprint density at radius 3 is 2.68 bits per heavy atom. The zero-order valence-electron chi connectivity index (χ0n) is 22.1. The van der Waals surface area contributed by atoms with Gasteiger partial charge in [0, 0.05) is 18.0 Å².